The molecule has 0 aromatic rings. The van der Waals surface area contributed by atoms with Crippen LogP contribution < -0.4 is 5.32 Å². The zero-order valence-electron chi connectivity index (χ0n) is 13.4. The summed E-state index contributed by atoms with van der Waals surface area (Å²) in [5.74, 6) is -1.31. The fourth-order valence-electron chi connectivity index (χ4n) is 2.28. The van der Waals surface area contributed by atoms with Crippen molar-refractivity contribution in [2.75, 3.05) is 0 Å². The summed E-state index contributed by atoms with van der Waals surface area (Å²) in [6.07, 6.45) is 1.63. The van der Waals surface area contributed by atoms with Gasteiger partial charge in [-0.25, -0.2) is 4.79 Å². The molecule has 1 saturated carbocycles. The first-order valence-electron chi connectivity index (χ1n) is 7.56. The number of amides is 1. The van der Waals surface area contributed by atoms with Crippen molar-refractivity contribution < 1.29 is 29.0 Å². The van der Waals surface area contributed by atoms with Crippen LogP contribution in [0.4, 0.5) is 4.79 Å². The van der Waals surface area contributed by atoms with E-state index in [9.17, 15) is 14.4 Å². The molecule has 1 aliphatic carbocycles. The number of aliphatic carboxylic acids is 1. The van der Waals surface area contributed by atoms with Crippen LogP contribution in [0.2, 0.25) is 0 Å². The molecule has 0 radical (unpaired) electrons. The molecule has 0 bridgehead atoms. The van der Waals surface area contributed by atoms with Gasteiger partial charge in [0.25, 0.3) is 0 Å². The Labute approximate surface area is 130 Å². The molecule has 0 heterocycles. The Morgan fingerprint density at radius 2 is 1.86 bits per heavy atom. The SMILES string of the molecule is CC(C)(C)OC(=O)N[C@H]1CC[C@@H](OC(=O)CCCC(=O)O)C1. The molecule has 0 aliphatic heterocycles. The van der Waals surface area contributed by atoms with Crippen LogP contribution in [-0.2, 0) is 19.1 Å². The van der Waals surface area contributed by atoms with E-state index >= 15 is 0 Å². The molecule has 1 aliphatic rings. The van der Waals surface area contributed by atoms with E-state index < -0.39 is 17.7 Å². The number of carbonyl (C=O) groups excluding carboxylic acids is 2. The predicted molar refractivity (Wildman–Crippen MR) is 78.4 cm³/mol. The normalized spacial score (nSPS) is 21.2. The highest BCUT2D eigenvalue weighted by Crippen LogP contribution is 2.23. The molecule has 1 fully saturated rings. The molecule has 0 saturated heterocycles. The Balaban J connectivity index is 2.24. The van der Waals surface area contributed by atoms with Gasteiger partial charge in [0, 0.05) is 25.3 Å². The number of ether oxygens (including phenoxy) is 2. The van der Waals surface area contributed by atoms with E-state index in [1.54, 1.807) is 20.8 Å². The van der Waals surface area contributed by atoms with Gasteiger partial charge in [0.15, 0.2) is 0 Å². The number of carbonyl (C=O) groups is 3. The van der Waals surface area contributed by atoms with E-state index in [0.717, 1.165) is 6.42 Å². The Kier molecular flexibility index (Phi) is 6.64. The van der Waals surface area contributed by atoms with Gasteiger partial charge in [0.2, 0.25) is 0 Å². The summed E-state index contributed by atoms with van der Waals surface area (Å²) in [6, 6.07) is -0.0633. The van der Waals surface area contributed by atoms with Crippen LogP contribution in [0.3, 0.4) is 0 Å². The van der Waals surface area contributed by atoms with Crippen molar-refractivity contribution in [2.24, 2.45) is 0 Å². The molecular weight excluding hydrogens is 290 g/mol. The number of carboxylic acid groups (broad SMARTS) is 1. The molecule has 2 atom stereocenters. The third kappa shape index (κ3) is 7.85. The summed E-state index contributed by atoms with van der Waals surface area (Å²) < 4.78 is 10.5. The van der Waals surface area contributed by atoms with Crippen LogP contribution in [0.25, 0.3) is 0 Å². The summed E-state index contributed by atoms with van der Waals surface area (Å²) in [5.41, 5.74) is -0.543. The van der Waals surface area contributed by atoms with Gasteiger partial charge in [-0.3, -0.25) is 9.59 Å². The van der Waals surface area contributed by atoms with E-state index in [4.69, 9.17) is 14.6 Å². The largest absolute Gasteiger partial charge is 0.481 e. The predicted octanol–water partition coefficient (Wildman–Crippen LogP) is 2.23. The summed E-state index contributed by atoms with van der Waals surface area (Å²) >= 11 is 0. The van der Waals surface area contributed by atoms with Gasteiger partial charge in [-0.1, -0.05) is 0 Å². The zero-order chi connectivity index (χ0) is 16.8. The highest BCUT2D eigenvalue weighted by Gasteiger charge is 2.29. The topological polar surface area (TPSA) is 102 Å². The van der Waals surface area contributed by atoms with Crippen LogP contribution in [0.5, 0.6) is 0 Å². The van der Waals surface area contributed by atoms with Crippen molar-refractivity contribution >= 4 is 18.0 Å². The summed E-state index contributed by atoms with van der Waals surface area (Å²) in [4.78, 5) is 33.6. The second-order valence-corrected chi connectivity index (χ2v) is 6.52. The van der Waals surface area contributed by atoms with E-state index in [1.807, 2.05) is 0 Å². The number of rotatable bonds is 6. The molecule has 1 rings (SSSR count). The minimum absolute atomic E-state index is 0.0391. The fraction of sp³-hybridized carbons (Fsp3) is 0.800. The van der Waals surface area contributed by atoms with Gasteiger partial charge in [0.05, 0.1) is 0 Å². The Morgan fingerprint density at radius 1 is 1.18 bits per heavy atom. The second-order valence-electron chi connectivity index (χ2n) is 6.52. The summed E-state index contributed by atoms with van der Waals surface area (Å²) in [6.45, 7) is 5.38. The van der Waals surface area contributed by atoms with Gasteiger partial charge in [-0.2, -0.15) is 0 Å². The van der Waals surface area contributed by atoms with Crippen LogP contribution in [0.15, 0.2) is 0 Å². The zero-order valence-corrected chi connectivity index (χ0v) is 13.4. The maximum absolute atomic E-state index is 11.7. The number of hydrogen-bond donors (Lipinski definition) is 2. The molecule has 7 heteroatoms. The van der Waals surface area contributed by atoms with Crippen LogP contribution in [-0.4, -0.2) is 40.9 Å². The van der Waals surface area contributed by atoms with Crippen LogP contribution in [0, 0.1) is 0 Å². The average Bonchev–Trinajstić information content (AvgIpc) is 2.72. The van der Waals surface area contributed by atoms with Crippen LogP contribution >= 0.6 is 0 Å². The van der Waals surface area contributed by atoms with E-state index in [0.29, 0.717) is 12.8 Å². The van der Waals surface area contributed by atoms with Gasteiger partial charge in [0.1, 0.15) is 11.7 Å². The highest BCUT2D eigenvalue weighted by molar-refractivity contribution is 5.71. The number of carboxylic acids is 1. The highest BCUT2D eigenvalue weighted by atomic mass is 16.6. The first-order chi connectivity index (χ1) is 10.2. The molecule has 126 valence electrons. The lowest BCUT2D eigenvalue weighted by Crippen LogP contribution is -2.38. The molecule has 0 spiro atoms. The third-order valence-electron chi connectivity index (χ3n) is 3.18. The summed E-state index contributed by atoms with van der Waals surface area (Å²) in [7, 11) is 0. The molecule has 2 N–H and O–H groups in total. The lowest BCUT2D eigenvalue weighted by atomic mass is 10.2. The van der Waals surface area contributed by atoms with Crippen LogP contribution in [0.1, 0.15) is 59.3 Å². The van der Waals surface area contributed by atoms with Crippen molar-refractivity contribution in [2.45, 2.75) is 77.0 Å². The van der Waals surface area contributed by atoms with Gasteiger partial charge in [-0.15, -0.1) is 0 Å². The van der Waals surface area contributed by atoms with E-state index in [-0.39, 0.29) is 37.4 Å². The van der Waals surface area contributed by atoms with Crippen molar-refractivity contribution in [3.63, 3.8) is 0 Å². The average molecular weight is 315 g/mol. The van der Waals surface area contributed by atoms with Crippen molar-refractivity contribution in [3.05, 3.63) is 0 Å². The Bertz CT molecular complexity index is 415. The second kappa shape index (κ2) is 8.00. The first kappa shape index (κ1) is 18.3. The molecule has 1 amide bonds. The van der Waals surface area contributed by atoms with E-state index in [2.05, 4.69) is 5.32 Å². The molecule has 0 aromatic carbocycles. The molecule has 22 heavy (non-hydrogen) atoms. The number of esters is 1. The van der Waals surface area contributed by atoms with Gasteiger partial charge < -0.3 is 19.9 Å². The number of alkyl carbamates (subject to hydrolysis) is 1. The third-order valence-corrected chi connectivity index (χ3v) is 3.18. The standard InChI is InChI=1S/C15H25NO6/c1-15(2,3)22-14(20)16-10-7-8-11(9-10)21-13(19)6-4-5-12(17)18/h10-11H,4-9H2,1-3H3,(H,16,20)(H,17,18)/t10-,11+/m0/s1. The van der Waals surface area contributed by atoms with Gasteiger partial charge >= 0.3 is 18.0 Å². The minimum Gasteiger partial charge on any atom is -0.481 e. The molecule has 0 aromatic heterocycles. The van der Waals surface area contributed by atoms with Crippen molar-refractivity contribution in [1.82, 2.24) is 5.32 Å². The minimum atomic E-state index is -0.921. The quantitative estimate of drug-likeness (QED) is 0.729. The molecule has 7 nitrogen and oxygen atoms in total. The monoisotopic (exact) mass is 315 g/mol. The van der Waals surface area contributed by atoms with Crippen molar-refractivity contribution in [3.8, 4) is 0 Å². The summed E-state index contributed by atoms with van der Waals surface area (Å²) in [5, 5.41) is 11.3. The number of nitrogens with one attached hydrogen (secondary N) is 1. The maximum atomic E-state index is 11.7. The van der Waals surface area contributed by atoms with Gasteiger partial charge in [-0.05, 0) is 40.0 Å². The maximum Gasteiger partial charge on any atom is 0.407 e. The smallest absolute Gasteiger partial charge is 0.407 e. The lowest BCUT2D eigenvalue weighted by molar-refractivity contribution is -0.149. The Morgan fingerprint density at radius 3 is 2.45 bits per heavy atom. The first-order valence-corrected chi connectivity index (χ1v) is 7.56. The fourth-order valence-corrected chi connectivity index (χ4v) is 2.28. The molecule has 0 unspecified atom stereocenters. The van der Waals surface area contributed by atoms with Crippen molar-refractivity contribution in [1.29, 1.82) is 0 Å². The molecular formula is C15H25NO6. The Hall–Kier alpha value is -1.79. The van der Waals surface area contributed by atoms with E-state index in [1.165, 1.54) is 0 Å². The number of hydrogen-bond acceptors (Lipinski definition) is 5. The lowest BCUT2D eigenvalue weighted by Gasteiger charge is -2.21.